The monoisotopic (exact) mass is 393 g/mol. The predicted octanol–water partition coefficient (Wildman–Crippen LogP) is 1.87. The first-order valence-electron chi connectivity index (χ1n) is 9.45. The van der Waals surface area contributed by atoms with Crippen molar-refractivity contribution in [2.24, 2.45) is 0 Å². The Bertz CT molecular complexity index is 1040. The molecule has 1 aromatic carbocycles. The molecule has 2 aliphatic heterocycles. The zero-order valence-corrected chi connectivity index (χ0v) is 15.7. The van der Waals surface area contributed by atoms with Crippen LogP contribution in [0, 0.1) is 0 Å². The van der Waals surface area contributed by atoms with Gasteiger partial charge in [-0.25, -0.2) is 9.07 Å². The molecule has 0 unspecified atom stereocenters. The van der Waals surface area contributed by atoms with Crippen molar-refractivity contribution in [3.63, 3.8) is 0 Å². The van der Waals surface area contributed by atoms with Crippen LogP contribution in [-0.4, -0.2) is 61.6 Å². The molecule has 1 fully saturated rings. The summed E-state index contributed by atoms with van der Waals surface area (Å²) in [4.78, 5) is 1.85. The van der Waals surface area contributed by atoms with E-state index in [4.69, 9.17) is 0 Å². The second-order valence-electron chi connectivity index (χ2n) is 7.37. The number of nitrogens with zero attached hydrogens (tertiary/aromatic N) is 6. The molecule has 2 N–H and O–H groups in total. The molecule has 0 saturated carbocycles. The third kappa shape index (κ3) is 3.13. The van der Waals surface area contributed by atoms with Crippen LogP contribution in [-0.2, 0) is 0 Å². The fourth-order valence-corrected chi connectivity index (χ4v) is 4.01. The second kappa shape index (κ2) is 6.93. The van der Waals surface area contributed by atoms with Crippen molar-refractivity contribution in [3.05, 3.63) is 54.9 Å². The van der Waals surface area contributed by atoms with Gasteiger partial charge in [0.15, 0.2) is 5.82 Å². The van der Waals surface area contributed by atoms with E-state index in [1.807, 2.05) is 30.2 Å². The van der Waals surface area contributed by atoms with E-state index >= 15 is 0 Å². The summed E-state index contributed by atoms with van der Waals surface area (Å²) in [6.45, 7) is 0. The Morgan fingerprint density at radius 3 is 2.83 bits per heavy atom. The summed E-state index contributed by atoms with van der Waals surface area (Å²) in [6, 6.07) is 8.45. The number of phenolic OH excluding ortho intramolecular Hbond substituents is 1. The van der Waals surface area contributed by atoms with Gasteiger partial charge in [0.25, 0.3) is 0 Å². The number of aromatic nitrogens is 5. The minimum absolute atomic E-state index is 0.0678. The maximum absolute atomic E-state index is 14.8. The summed E-state index contributed by atoms with van der Waals surface area (Å²) in [5, 5.41) is 29.9. The fourth-order valence-electron chi connectivity index (χ4n) is 4.01. The molecule has 4 atom stereocenters. The number of piperidine rings is 1. The number of alkyl halides is 1. The van der Waals surface area contributed by atoms with Crippen LogP contribution in [0.15, 0.2) is 54.9 Å². The minimum atomic E-state index is -1.01. The molecule has 148 valence electrons. The zero-order valence-electron chi connectivity index (χ0n) is 15.7. The standard InChI is InChI=1S/C20H20FN7O/c1-27(17-10-12-2-5-16(23-12)20(17)21)19-7-6-15(24-25-19)14-4-3-13(11-18(14)29)28-9-8-22-26-28/h2-9,11-12,16-17,20,23,29H,10H2,1H3/t12-,16+,17-,20-/m0/s1. The van der Waals surface area contributed by atoms with Gasteiger partial charge >= 0.3 is 0 Å². The molecule has 9 heteroatoms. The molecule has 8 nitrogen and oxygen atoms in total. The second-order valence-corrected chi connectivity index (χ2v) is 7.37. The highest BCUT2D eigenvalue weighted by molar-refractivity contribution is 5.69. The van der Waals surface area contributed by atoms with Gasteiger partial charge in [-0.2, -0.15) is 0 Å². The third-order valence-corrected chi connectivity index (χ3v) is 5.62. The van der Waals surface area contributed by atoms with Gasteiger partial charge in [-0.3, -0.25) is 0 Å². The molecule has 1 saturated heterocycles. The zero-order chi connectivity index (χ0) is 20.0. The number of hydrogen-bond donors (Lipinski definition) is 2. The van der Waals surface area contributed by atoms with Crippen LogP contribution in [0.3, 0.4) is 0 Å². The maximum atomic E-state index is 14.8. The van der Waals surface area contributed by atoms with Crippen molar-refractivity contribution < 1.29 is 9.50 Å². The maximum Gasteiger partial charge on any atom is 0.151 e. The normalized spacial score (nSPS) is 25.3. The van der Waals surface area contributed by atoms with Gasteiger partial charge in [0, 0.05) is 24.7 Å². The van der Waals surface area contributed by atoms with Crippen molar-refractivity contribution in [1.29, 1.82) is 0 Å². The van der Waals surface area contributed by atoms with Crippen LogP contribution < -0.4 is 10.2 Å². The molecule has 0 radical (unpaired) electrons. The Morgan fingerprint density at radius 1 is 1.21 bits per heavy atom. The summed E-state index contributed by atoms with van der Waals surface area (Å²) in [7, 11) is 1.84. The molecule has 5 rings (SSSR count). The summed E-state index contributed by atoms with van der Waals surface area (Å²) in [5.41, 5.74) is 1.79. The van der Waals surface area contributed by atoms with Crippen LogP contribution >= 0.6 is 0 Å². The van der Waals surface area contributed by atoms with E-state index in [0.29, 0.717) is 29.2 Å². The lowest BCUT2D eigenvalue weighted by atomic mass is 9.95. The topological polar surface area (TPSA) is 92.0 Å². The van der Waals surface area contributed by atoms with E-state index in [0.717, 1.165) is 0 Å². The highest BCUT2D eigenvalue weighted by Crippen LogP contribution is 2.32. The van der Waals surface area contributed by atoms with E-state index in [9.17, 15) is 9.50 Å². The first-order valence-corrected chi connectivity index (χ1v) is 9.45. The van der Waals surface area contributed by atoms with Crippen molar-refractivity contribution in [3.8, 4) is 22.7 Å². The Kier molecular flexibility index (Phi) is 4.24. The largest absolute Gasteiger partial charge is 0.507 e. The molecule has 4 heterocycles. The average molecular weight is 393 g/mol. The van der Waals surface area contributed by atoms with E-state index < -0.39 is 6.17 Å². The molecule has 2 bridgehead atoms. The summed E-state index contributed by atoms with van der Waals surface area (Å²) >= 11 is 0. The van der Waals surface area contributed by atoms with Crippen LogP contribution in [0.25, 0.3) is 16.9 Å². The lowest BCUT2D eigenvalue weighted by Gasteiger charge is -2.38. The van der Waals surface area contributed by atoms with Crippen LogP contribution in [0.5, 0.6) is 5.75 Å². The smallest absolute Gasteiger partial charge is 0.151 e. The molecular weight excluding hydrogens is 373 g/mol. The average Bonchev–Trinajstić information content (AvgIpc) is 3.41. The van der Waals surface area contributed by atoms with Crippen LogP contribution in [0.2, 0.25) is 0 Å². The van der Waals surface area contributed by atoms with Crippen LogP contribution in [0.4, 0.5) is 10.2 Å². The van der Waals surface area contributed by atoms with Gasteiger partial charge in [0.05, 0.1) is 35.9 Å². The van der Waals surface area contributed by atoms with E-state index in [1.54, 1.807) is 41.3 Å². The quantitative estimate of drug-likeness (QED) is 0.654. The SMILES string of the molecule is CN(c1ccc(-c2ccc(-n3ccnn3)cc2O)nn1)[C@H]1C[C@@H]2C=C[C@@H](N2)[C@@H]1F. The number of rotatable bonds is 4. The van der Waals surface area contributed by atoms with E-state index in [1.165, 1.54) is 0 Å². The lowest BCUT2D eigenvalue weighted by Crippen LogP contribution is -2.56. The number of phenols is 1. The third-order valence-electron chi connectivity index (χ3n) is 5.62. The predicted molar refractivity (Wildman–Crippen MR) is 106 cm³/mol. The van der Waals surface area contributed by atoms with Gasteiger partial charge < -0.3 is 15.3 Å². The summed E-state index contributed by atoms with van der Waals surface area (Å²) in [5.74, 6) is 0.666. The molecule has 0 aliphatic carbocycles. The highest BCUT2D eigenvalue weighted by Gasteiger charge is 2.41. The Morgan fingerprint density at radius 2 is 2.10 bits per heavy atom. The molecule has 0 spiro atoms. The van der Waals surface area contributed by atoms with Gasteiger partial charge in [0.1, 0.15) is 11.9 Å². The number of fused-ring (bicyclic) bond motifs is 2. The van der Waals surface area contributed by atoms with Gasteiger partial charge in [-0.15, -0.1) is 15.3 Å². The van der Waals surface area contributed by atoms with Crippen LogP contribution in [0.1, 0.15) is 6.42 Å². The van der Waals surface area contributed by atoms with Crippen molar-refractivity contribution in [1.82, 2.24) is 30.5 Å². The molecule has 2 aromatic heterocycles. The number of nitrogens with one attached hydrogen (secondary N) is 1. The lowest BCUT2D eigenvalue weighted by molar-refractivity contribution is 0.187. The summed E-state index contributed by atoms with van der Waals surface area (Å²) in [6.07, 6.45) is 6.87. The first-order chi connectivity index (χ1) is 14.1. The van der Waals surface area contributed by atoms with E-state index in [-0.39, 0.29) is 23.9 Å². The number of halogens is 1. The Labute approximate surface area is 166 Å². The van der Waals surface area contributed by atoms with Gasteiger partial charge in [0.2, 0.25) is 0 Å². The number of anilines is 1. The first kappa shape index (κ1) is 17.7. The fraction of sp³-hybridized carbons (Fsp3) is 0.300. The van der Waals surface area contributed by atoms with Crippen molar-refractivity contribution in [2.45, 2.75) is 30.7 Å². The molecule has 2 aliphatic rings. The minimum Gasteiger partial charge on any atom is -0.507 e. The molecular formula is C20H20FN7O. The van der Waals surface area contributed by atoms with Crippen molar-refractivity contribution >= 4 is 5.82 Å². The number of aromatic hydroxyl groups is 1. The summed E-state index contributed by atoms with van der Waals surface area (Å²) < 4.78 is 16.3. The van der Waals surface area contributed by atoms with Crippen molar-refractivity contribution in [2.75, 3.05) is 11.9 Å². The Hall–Kier alpha value is -3.33. The molecule has 3 aromatic rings. The highest BCUT2D eigenvalue weighted by atomic mass is 19.1. The van der Waals surface area contributed by atoms with Gasteiger partial charge in [-0.1, -0.05) is 17.4 Å². The Balaban J connectivity index is 1.36. The van der Waals surface area contributed by atoms with Gasteiger partial charge in [-0.05, 0) is 30.7 Å². The molecule has 29 heavy (non-hydrogen) atoms. The van der Waals surface area contributed by atoms with E-state index in [2.05, 4.69) is 25.8 Å². The molecule has 0 amide bonds. The number of benzene rings is 1. The number of hydrogen-bond acceptors (Lipinski definition) is 7.